The minimum atomic E-state index is -0.647. The molecule has 0 saturated carbocycles. The maximum atomic E-state index is 11.9. The predicted octanol–water partition coefficient (Wildman–Crippen LogP) is 1.54. The Hall–Kier alpha value is -2.75. The van der Waals surface area contributed by atoms with Crippen molar-refractivity contribution in [3.63, 3.8) is 0 Å². The largest absolute Gasteiger partial charge is 0.363 e. The fourth-order valence-electron chi connectivity index (χ4n) is 2.85. The molecule has 1 aliphatic heterocycles. The van der Waals surface area contributed by atoms with Crippen molar-refractivity contribution in [3.05, 3.63) is 38.4 Å². The van der Waals surface area contributed by atoms with Gasteiger partial charge in [0.25, 0.3) is 11.4 Å². The highest BCUT2D eigenvalue weighted by Crippen LogP contribution is 2.32. The molecule has 1 saturated heterocycles. The number of nitrogens with zero attached hydrogens (tertiary/aromatic N) is 4. The van der Waals surface area contributed by atoms with E-state index in [4.69, 9.17) is 0 Å². The number of nitro groups is 2. The van der Waals surface area contributed by atoms with Crippen LogP contribution in [0.15, 0.2) is 18.2 Å². The second-order valence-corrected chi connectivity index (χ2v) is 6.15. The van der Waals surface area contributed by atoms with Crippen molar-refractivity contribution in [3.8, 4) is 0 Å². The molecule has 10 heteroatoms. The van der Waals surface area contributed by atoms with Gasteiger partial charge in [0.2, 0.25) is 5.91 Å². The second kappa shape index (κ2) is 9.09. The summed E-state index contributed by atoms with van der Waals surface area (Å²) in [7, 11) is 0. The van der Waals surface area contributed by atoms with Gasteiger partial charge < -0.3 is 10.2 Å². The zero-order valence-corrected chi connectivity index (χ0v) is 14.7. The van der Waals surface area contributed by atoms with Crippen molar-refractivity contribution in [2.24, 2.45) is 0 Å². The number of carbonyl (C=O) groups is 1. The van der Waals surface area contributed by atoms with E-state index in [1.165, 1.54) is 12.1 Å². The molecule has 1 aromatic carbocycles. The first-order valence-electron chi connectivity index (χ1n) is 8.59. The highest BCUT2D eigenvalue weighted by atomic mass is 16.6. The summed E-state index contributed by atoms with van der Waals surface area (Å²) in [6.45, 7) is 5.25. The summed E-state index contributed by atoms with van der Waals surface area (Å²) in [6.07, 6.45) is 1.97. The molecule has 1 amide bonds. The monoisotopic (exact) mass is 365 g/mol. The molecule has 26 heavy (non-hydrogen) atoms. The van der Waals surface area contributed by atoms with Crippen molar-refractivity contribution in [2.45, 2.75) is 19.8 Å². The lowest BCUT2D eigenvalue weighted by atomic mass is 10.2. The Labute approximate surface area is 151 Å². The third-order valence-electron chi connectivity index (χ3n) is 4.30. The smallest absolute Gasteiger partial charge is 0.299 e. The van der Waals surface area contributed by atoms with E-state index in [1.807, 2.05) is 9.80 Å². The van der Waals surface area contributed by atoms with Crippen LogP contribution in [-0.4, -0.2) is 59.9 Å². The van der Waals surface area contributed by atoms with Gasteiger partial charge in [0.1, 0.15) is 5.69 Å². The number of benzene rings is 1. The van der Waals surface area contributed by atoms with Gasteiger partial charge in [0.15, 0.2) is 0 Å². The van der Waals surface area contributed by atoms with Gasteiger partial charge in [-0.15, -0.1) is 0 Å². The Morgan fingerprint density at radius 2 is 1.85 bits per heavy atom. The lowest BCUT2D eigenvalue weighted by molar-refractivity contribution is -0.393. The average Bonchev–Trinajstić information content (AvgIpc) is 2.62. The van der Waals surface area contributed by atoms with Gasteiger partial charge in [-0.3, -0.25) is 29.9 Å². The number of rotatable bonds is 8. The fourth-order valence-corrected chi connectivity index (χ4v) is 2.85. The Kier molecular flexibility index (Phi) is 6.84. The van der Waals surface area contributed by atoms with Crippen molar-refractivity contribution < 1.29 is 14.6 Å². The van der Waals surface area contributed by atoms with E-state index < -0.39 is 9.85 Å². The molecule has 0 atom stereocenters. The van der Waals surface area contributed by atoms with Crippen LogP contribution >= 0.6 is 0 Å². The Balaban J connectivity index is 1.96. The second-order valence-electron chi connectivity index (χ2n) is 6.15. The molecule has 0 bridgehead atoms. The Morgan fingerprint density at radius 3 is 2.42 bits per heavy atom. The van der Waals surface area contributed by atoms with Gasteiger partial charge in [0, 0.05) is 38.8 Å². The van der Waals surface area contributed by atoms with Gasteiger partial charge in [-0.25, -0.2) is 0 Å². The number of nitro benzene ring substituents is 2. The molecular weight excluding hydrogens is 342 g/mol. The first kappa shape index (κ1) is 19.6. The molecule has 0 aliphatic carbocycles. The van der Waals surface area contributed by atoms with Crippen molar-refractivity contribution in [1.29, 1.82) is 0 Å². The molecule has 1 fully saturated rings. The number of carbonyl (C=O) groups excluding carboxylic acids is 1. The molecule has 10 nitrogen and oxygen atoms in total. The standard InChI is InChI=1S/C16H23N5O5/c1-2-3-6-17-16(22)12-18-7-9-19(10-8-18)14-5-4-13(20(23)24)11-15(14)21(25)26/h4-5,11H,2-3,6-10,12H2,1H3,(H,17,22). The first-order valence-corrected chi connectivity index (χ1v) is 8.59. The summed E-state index contributed by atoms with van der Waals surface area (Å²) in [6, 6.07) is 3.68. The van der Waals surface area contributed by atoms with Crippen molar-refractivity contribution >= 4 is 23.0 Å². The summed E-state index contributed by atoms with van der Waals surface area (Å²) >= 11 is 0. The van der Waals surface area contributed by atoms with Gasteiger partial charge in [-0.1, -0.05) is 13.3 Å². The van der Waals surface area contributed by atoms with E-state index in [9.17, 15) is 25.0 Å². The Morgan fingerprint density at radius 1 is 1.15 bits per heavy atom. The van der Waals surface area contributed by atoms with Crippen LogP contribution < -0.4 is 10.2 Å². The maximum Gasteiger partial charge on any atom is 0.299 e. The van der Waals surface area contributed by atoms with Crippen LogP contribution in [0.25, 0.3) is 0 Å². The van der Waals surface area contributed by atoms with Crippen molar-refractivity contribution in [1.82, 2.24) is 10.2 Å². The van der Waals surface area contributed by atoms with E-state index in [0.29, 0.717) is 45.0 Å². The molecule has 0 unspecified atom stereocenters. The molecule has 1 aromatic rings. The topological polar surface area (TPSA) is 122 Å². The van der Waals surface area contributed by atoms with E-state index in [-0.39, 0.29) is 17.3 Å². The first-order chi connectivity index (χ1) is 12.4. The predicted molar refractivity (Wildman–Crippen MR) is 96.3 cm³/mol. The van der Waals surface area contributed by atoms with Gasteiger partial charge in [-0.05, 0) is 12.5 Å². The van der Waals surface area contributed by atoms with E-state index in [2.05, 4.69) is 12.2 Å². The molecule has 142 valence electrons. The molecule has 2 rings (SSSR count). The summed E-state index contributed by atoms with van der Waals surface area (Å²) in [4.78, 5) is 36.5. The van der Waals surface area contributed by atoms with Crippen LogP contribution in [0.5, 0.6) is 0 Å². The summed E-state index contributed by atoms with van der Waals surface area (Å²) in [5, 5.41) is 25.0. The molecular formula is C16H23N5O5. The number of unbranched alkanes of at least 4 members (excludes halogenated alkanes) is 1. The lowest BCUT2D eigenvalue weighted by Crippen LogP contribution is -2.49. The zero-order valence-electron chi connectivity index (χ0n) is 14.7. The minimum Gasteiger partial charge on any atom is -0.363 e. The molecule has 1 N–H and O–H groups in total. The fraction of sp³-hybridized carbons (Fsp3) is 0.562. The number of nitrogens with one attached hydrogen (secondary N) is 1. The normalized spacial score (nSPS) is 14.9. The highest BCUT2D eigenvalue weighted by molar-refractivity contribution is 5.78. The third-order valence-corrected chi connectivity index (χ3v) is 4.30. The average molecular weight is 365 g/mol. The van der Waals surface area contributed by atoms with Crippen LogP contribution in [0.1, 0.15) is 19.8 Å². The number of amides is 1. The molecule has 0 aromatic heterocycles. The SMILES string of the molecule is CCCCNC(=O)CN1CCN(c2ccc([N+](=O)[O-])cc2[N+](=O)[O-])CC1. The zero-order chi connectivity index (χ0) is 19.1. The highest BCUT2D eigenvalue weighted by Gasteiger charge is 2.26. The van der Waals surface area contributed by atoms with Gasteiger partial charge in [0.05, 0.1) is 22.5 Å². The molecule has 1 heterocycles. The number of piperazine rings is 1. The summed E-state index contributed by atoms with van der Waals surface area (Å²) in [5.41, 5.74) is -0.208. The van der Waals surface area contributed by atoms with Crippen LogP contribution in [0, 0.1) is 20.2 Å². The van der Waals surface area contributed by atoms with Gasteiger partial charge >= 0.3 is 0 Å². The minimum absolute atomic E-state index is 0.0202. The third kappa shape index (κ3) is 5.12. The Bertz CT molecular complexity index is 673. The van der Waals surface area contributed by atoms with Crippen LogP contribution in [0.4, 0.5) is 17.1 Å². The van der Waals surface area contributed by atoms with E-state index in [0.717, 1.165) is 18.9 Å². The van der Waals surface area contributed by atoms with Crippen molar-refractivity contribution in [2.75, 3.05) is 44.2 Å². The van der Waals surface area contributed by atoms with E-state index >= 15 is 0 Å². The molecule has 1 aliphatic rings. The summed E-state index contributed by atoms with van der Waals surface area (Å²) < 4.78 is 0. The molecule has 0 radical (unpaired) electrons. The van der Waals surface area contributed by atoms with Crippen LogP contribution in [-0.2, 0) is 4.79 Å². The number of non-ortho nitro benzene ring substituents is 1. The van der Waals surface area contributed by atoms with E-state index in [1.54, 1.807) is 0 Å². The maximum absolute atomic E-state index is 11.9. The summed E-state index contributed by atoms with van der Waals surface area (Å²) in [5.74, 6) is -0.0202. The number of hydrogen-bond donors (Lipinski definition) is 1. The van der Waals surface area contributed by atoms with Crippen LogP contribution in [0.2, 0.25) is 0 Å². The number of hydrogen-bond acceptors (Lipinski definition) is 7. The number of anilines is 1. The quantitative estimate of drug-likeness (QED) is 0.421. The molecule has 0 spiro atoms. The van der Waals surface area contributed by atoms with Crippen LogP contribution in [0.3, 0.4) is 0 Å². The van der Waals surface area contributed by atoms with Gasteiger partial charge in [-0.2, -0.15) is 0 Å². The lowest BCUT2D eigenvalue weighted by Gasteiger charge is -2.35.